The van der Waals surface area contributed by atoms with Crippen LogP contribution in [0.2, 0.25) is 0 Å². The van der Waals surface area contributed by atoms with Gasteiger partial charge in [-0.3, -0.25) is 0 Å². The molecule has 0 fully saturated rings. The van der Waals surface area contributed by atoms with Crippen molar-refractivity contribution in [2.24, 2.45) is 10.5 Å². The summed E-state index contributed by atoms with van der Waals surface area (Å²) >= 11 is 0. The normalized spacial score (nSPS) is 15.3. The van der Waals surface area contributed by atoms with Gasteiger partial charge in [0.1, 0.15) is 0 Å². The Labute approximate surface area is 81.6 Å². The molecule has 0 bridgehead atoms. The molecule has 1 unspecified atom stereocenters. The van der Waals surface area contributed by atoms with E-state index in [0.717, 1.165) is 12.8 Å². The minimum atomic E-state index is -0.0154. The minimum Gasteiger partial charge on any atom is -0.303 e. The first-order valence-electron chi connectivity index (χ1n) is 4.51. The summed E-state index contributed by atoms with van der Waals surface area (Å²) < 4.78 is 0. The molecule has 0 heterocycles. The van der Waals surface area contributed by atoms with Gasteiger partial charge >= 0.3 is 0 Å². The molecule has 0 aliphatic heterocycles. The second-order valence-electron chi connectivity index (χ2n) is 3.63. The molecule has 1 atom stereocenters. The second-order valence-corrected chi connectivity index (χ2v) is 3.63. The van der Waals surface area contributed by atoms with Crippen LogP contribution >= 0.6 is 0 Å². The standard InChI is InChI=1S/C11H20N2/c1-6-8-9-11(3,7-2)10-12-13(4)5/h6-7,10H,1-2,8-9H2,3-5H3/b12-10+. The Kier molecular flexibility index (Phi) is 5.12. The lowest BCUT2D eigenvalue weighted by Crippen LogP contribution is -2.16. The molecular formula is C11H20N2. The Hall–Kier alpha value is -1.05. The number of nitrogens with zero attached hydrogens (tertiary/aromatic N) is 2. The lowest BCUT2D eigenvalue weighted by Gasteiger charge is -2.20. The van der Waals surface area contributed by atoms with Gasteiger partial charge in [0.15, 0.2) is 0 Å². The largest absolute Gasteiger partial charge is 0.303 e. The van der Waals surface area contributed by atoms with E-state index in [4.69, 9.17) is 0 Å². The Morgan fingerprint density at radius 1 is 1.38 bits per heavy atom. The van der Waals surface area contributed by atoms with Crippen molar-refractivity contribution < 1.29 is 0 Å². The zero-order valence-electron chi connectivity index (χ0n) is 8.95. The average molecular weight is 180 g/mol. The maximum absolute atomic E-state index is 4.22. The molecule has 0 amide bonds. The average Bonchev–Trinajstić information content (AvgIpc) is 2.11. The third-order valence-corrected chi connectivity index (χ3v) is 1.94. The predicted molar refractivity (Wildman–Crippen MR) is 59.9 cm³/mol. The molecule has 2 heteroatoms. The van der Waals surface area contributed by atoms with Gasteiger partial charge in [0.25, 0.3) is 0 Å². The summed E-state index contributed by atoms with van der Waals surface area (Å²) in [6.45, 7) is 9.65. The van der Waals surface area contributed by atoms with Gasteiger partial charge in [0.2, 0.25) is 0 Å². The van der Waals surface area contributed by atoms with Crippen molar-refractivity contribution in [1.82, 2.24) is 5.01 Å². The van der Waals surface area contributed by atoms with Gasteiger partial charge in [-0.2, -0.15) is 5.10 Å². The SMILES string of the molecule is C=CCCC(C)(C=C)/C=N/N(C)C. The van der Waals surface area contributed by atoms with Crippen LogP contribution < -0.4 is 0 Å². The quantitative estimate of drug-likeness (QED) is 0.348. The Bertz CT molecular complexity index is 194. The van der Waals surface area contributed by atoms with Crippen molar-refractivity contribution in [3.63, 3.8) is 0 Å². The molecule has 0 saturated heterocycles. The van der Waals surface area contributed by atoms with E-state index in [1.807, 2.05) is 32.5 Å². The molecule has 74 valence electrons. The molecule has 0 spiro atoms. The van der Waals surface area contributed by atoms with Crippen molar-refractivity contribution in [2.75, 3.05) is 14.1 Å². The Balaban J connectivity index is 4.26. The first-order chi connectivity index (χ1) is 6.04. The molecule has 0 saturated carbocycles. The van der Waals surface area contributed by atoms with Crippen molar-refractivity contribution in [3.8, 4) is 0 Å². The fraction of sp³-hybridized carbons (Fsp3) is 0.545. The van der Waals surface area contributed by atoms with Gasteiger partial charge in [-0.25, -0.2) is 0 Å². The van der Waals surface area contributed by atoms with Gasteiger partial charge < -0.3 is 5.01 Å². The van der Waals surface area contributed by atoms with E-state index >= 15 is 0 Å². The highest BCUT2D eigenvalue weighted by atomic mass is 15.4. The number of rotatable bonds is 6. The third kappa shape index (κ3) is 5.23. The summed E-state index contributed by atoms with van der Waals surface area (Å²) in [5.74, 6) is 0. The third-order valence-electron chi connectivity index (χ3n) is 1.94. The molecule has 0 aromatic heterocycles. The van der Waals surface area contributed by atoms with Gasteiger partial charge in [-0.1, -0.05) is 19.1 Å². The smallest absolute Gasteiger partial charge is 0.0341 e. The van der Waals surface area contributed by atoms with Gasteiger partial charge in [-0.15, -0.1) is 13.2 Å². The van der Waals surface area contributed by atoms with E-state index in [1.54, 1.807) is 5.01 Å². The zero-order chi connectivity index (χ0) is 10.3. The van der Waals surface area contributed by atoms with Crippen LogP contribution in [-0.2, 0) is 0 Å². The van der Waals surface area contributed by atoms with Crippen LogP contribution in [0.3, 0.4) is 0 Å². The first kappa shape index (κ1) is 11.9. The Morgan fingerprint density at radius 2 is 2.00 bits per heavy atom. The molecule has 0 N–H and O–H groups in total. The fourth-order valence-corrected chi connectivity index (χ4v) is 0.880. The van der Waals surface area contributed by atoms with Gasteiger partial charge in [-0.05, 0) is 12.8 Å². The van der Waals surface area contributed by atoms with Crippen LogP contribution in [0.25, 0.3) is 0 Å². The van der Waals surface area contributed by atoms with E-state index < -0.39 is 0 Å². The first-order valence-corrected chi connectivity index (χ1v) is 4.51. The lowest BCUT2D eigenvalue weighted by atomic mass is 9.87. The van der Waals surface area contributed by atoms with Crippen LogP contribution in [0.1, 0.15) is 19.8 Å². The summed E-state index contributed by atoms with van der Waals surface area (Å²) in [5, 5.41) is 6.01. The lowest BCUT2D eigenvalue weighted by molar-refractivity contribution is 0.428. The van der Waals surface area contributed by atoms with Crippen LogP contribution in [-0.4, -0.2) is 25.3 Å². The van der Waals surface area contributed by atoms with E-state index in [1.165, 1.54) is 0 Å². The summed E-state index contributed by atoms with van der Waals surface area (Å²) in [6.07, 6.45) is 7.79. The van der Waals surface area contributed by atoms with E-state index in [0.29, 0.717) is 0 Å². The van der Waals surface area contributed by atoms with Crippen molar-refractivity contribution >= 4 is 6.21 Å². The highest BCUT2D eigenvalue weighted by molar-refractivity contribution is 5.67. The molecular weight excluding hydrogens is 160 g/mol. The summed E-state index contributed by atoms with van der Waals surface area (Å²) in [4.78, 5) is 0. The fourth-order valence-electron chi connectivity index (χ4n) is 0.880. The van der Waals surface area contributed by atoms with Crippen LogP contribution in [0.15, 0.2) is 30.4 Å². The molecule has 0 aliphatic rings. The zero-order valence-corrected chi connectivity index (χ0v) is 8.95. The molecule has 0 aromatic rings. The number of hydrogen-bond acceptors (Lipinski definition) is 2. The van der Waals surface area contributed by atoms with E-state index in [-0.39, 0.29) is 5.41 Å². The number of hydrazone groups is 1. The minimum absolute atomic E-state index is 0.0154. The molecule has 13 heavy (non-hydrogen) atoms. The maximum atomic E-state index is 4.22. The van der Waals surface area contributed by atoms with Crippen molar-refractivity contribution in [1.29, 1.82) is 0 Å². The highest BCUT2D eigenvalue weighted by Gasteiger charge is 2.16. The Morgan fingerprint density at radius 3 is 2.38 bits per heavy atom. The summed E-state index contributed by atoms with van der Waals surface area (Å²) in [5.41, 5.74) is -0.0154. The molecule has 0 radical (unpaired) electrons. The topological polar surface area (TPSA) is 15.6 Å². The van der Waals surface area contributed by atoms with Crippen molar-refractivity contribution in [2.45, 2.75) is 19.8 Å². The van der Waals surface area contributed by atoms with E-state index in [9.17, 15) is 0 Å². The molecule has 2 nitrogen and oxygen atoms in total. The molecule has 0 rings (SSSR count). The molecule has 0 aliphatic carbocycles. The van der Waals surface area contributed by atoms with Crippen LogP contribution in [0.4, 0.5) is 0 Å². The summed E-state index contributed by atoms with van der Waals surface area (Å²) in [7, 11) is 3.82. The number of allylic oxidation sites excluding steroid dienone is 2. The van der Waals surface area contributed by atoms with Crippen LogP contribution in [0.5, 0.6) is 0 Å². The number of hydrogen-bond donors (Lipinski definition) is 0. The predicted octanol–water partition coefficient (Wildman–Crippen LogP) is 2.69. The van der Waals surface area contributed by atoms with Gasteiger partial charge in [0.05, 0.1) is 0 Å². The van der Waals surface area contributed by atoms with E-state index in [2.05, 4.69) is 25.2 Å². The van der Waals surface area contributed by atoms with Crippen LogP contribution in [0, 0.1) is 5.41 Å². The highest BCUT2D eigenvalue weighted by Crippen LogP contribution is 2.22. The summed E-state index contributed by atoms with van der Waals surface area (Å²) in [6, 6.07) is 0. The maximum Gasteiger partial charge on any atom is 0.0341 e. The molecule has 0 aromatic carbocycles. The van der Waals surface area contributed by atoms with Gasteiger partial charge in [0, 0.05) is 25.7 Å². The monoisotopic (exact) mass is 180 g/mol. The second kappa shape index (κ2) is 5.57. The van der Waals surface area contributed by atoms with Crippen molar-refractivity contribution in [3.05, 3.63) is 25.3 Å².